The smallest absolute Gasteiger partial charge is 0.344 e. The zero-order chi connectivity index (χ0) is 25.4. The van der Waals surface area contributed by atoms with Crippen LogP contribution in [-0.4, -0.2) is 27.2 Å². The van der Waals surface area contributed by atoms with E-state index in [1.807, 2.05) is 61.5 Å². The van der Waals surface area contributed by atoms with Crippen LogP contribution in [0.2, 0.25) is 0 Å². The van der Waals surface area contributed by atoms with E-state index in [0.717, 1.165) is 46.4 Å². The van der Waals surface area contributed by atoms with Gasteiger partial charge in [0.1, 0.15) is 11.2 Å². The molecule has 0 amide bonds. The standard InChI is InChI=1S/C30H28N2O4/c1-5-32(6-2)22-11-7-19(8-12-22)24-18-29(33)35-27-14-10-20(15-26(24)27)25-16-21-9-13-23(31(3)4)17-28(21)36-30(25)34/h7-18H,5-6H2,1-4H3. The highest BCUT2D eigenvalue weighted by atomic mass is 16.4. The molecule has 0 fully saturated rings. The Morgan fingerprint density at radius 1 is 0.667 bits per heavy atom. The number of hydrogen-bond donors (Lipinski definition) is 0. The lowest BCUT2D eigenvalue weighted by atomic mass is 9.98. The van der Waals surface area contributed by atoms with E-state index < -0.39 is 11.3 Å². The molecular weight excluding hydrogens is 452 g/mol. The first-order chi connectivity index (χ1) is 17.4. The number of fused-ring (bicyclic) bond motifs is 2. The van der Waals surface area contributed by atoms with Crippen LogP contribution < -0.4 is 21.1 Å². The monoisotopic (exact) mass is 480 g/mol. The molecule has 5 rings (SSSR count). The fourth-order valence-electron chi connectivity index (χ4n) is 4.59. The fraction of sp³-hybridized carbons (Fsp3) is 0.200. The first-order valence-corrected chi connectivity index (χ1v) is 12.1. The zero-order valence-corrected chi connectivity index (χ0v) is 20.9. The molecule has 2 aromatic heterocycles. The molecule has 0 aliphatic carbocycles. The van der Waals surface area contributed by atoms with Crippen molar-refractivity contribution in [2.24, 2.45) is 0 Å². The Balaban J connectivity index is 1.64. The Hall–Kier alpha value is -4.32. The van der Waals surface area contributed by atoms with E-state index in [-0.39, 0.29) is 0 Å². The molecule has 2 heterocycles. The van der Waals surface area contributed by atoms with Crippen molar-refractivity contribution in [1.82, 2.24) is 0 Å². The Bertz CT molecular complexity index is 1680. The van der Waals surface area contributed by atoms with Gasteiger partial charge in [-0.05, 0) is 73.0 Å². The molecule has 0 radical (unpaired) electrons. The Morgan fingerprint density at radius 2 is 1.36 bits per heavy atom. The van der Waals surface area contributed by atoms with Crippen LogP contribution >= 0.6 is 0 Å². The highest BCUT2D eigenvalue weighted by molar-refractivity contribution is 5.96. The summed E-state index contributed by atoms with van der Waals surface area (Å²) >= 11 is 0. The quantitative estimate of drug-likeness (QED) is 0.272. The van der Waals surface area contributed by atoms with Crippen molar-refractivity contribution in [2.45, 2.75) is 13.8 Å². The van der Waals surface area contributed by atoms with Crippen molar-refractivity contribution in [2.75, 3.05) is 37.0 Å². The van der Waals surface area contributed by atoms with Crippen LogP contribution in [0.5, 0.6) is 0 Å². The maximum Gasteiger partial charge on any atom is 0.344 e. The molecule has 6 heteroatoms. The first-order valence-electron chi connectivity index (χ1n) is 12.1. The molecule has 0 aliphatic heterocycles. The van der Waals surface area contributed by atoms with Gasteiger partial charge in [0.05, 0.1) is 5.56 Å². The third-order valence-corrected chi connectivity index (χ3v) is 6.60. The Labute approximate surface area is 209 Å². The van der Waals surface area contributed by atoms with E-state index in [2.05, 4.69) is 30.9 Å². The molecule has 0 bridgehead atoms. The SMILES string of the molecule is CCN(CC)c1ccc(-c2cc(=O)oc3ccc(-c4cc5ccc(N(C)C)cc5oc4=O)cc23)cc1. The van der Waals surface area contributed by atoms with Crippen LogP contribution in [0, 0.1) is 0 Å². The molecule has 5 aromatic rings. The number of hydrogen-bond acceptors (Lipinski definition) is 6. The van der Waals surface area contributed by atoms with Crippen molar-refractivity contribution in [3.05, 3.63) is 93.6 Å². The molecule has 36 heavy (non-hydrogen) atoms. The molecule has 0 atom stereocenters. The number of nitrogens with zero attached hydrogens (tertiary/aromatic N) is 2. The molecule has 0 spiro atoms. The van der Waals surface area contributed by atoms with Gasteiger partial charge in [-0.3, -0.25) is 0 Å². The van der Waals surface area contributed by atoms with Crippen molar-refractivity contribution in [1.29, 1.82) is 0 Å². The lowest BCUT2D eigenvalue weighted by Crippen LogP contribution is -2.21. The lowest BCUT2D eigenvalue weighted by molar-refractivity contribution is 0.561. The summed E-state index contributed by atoms with van der Waals surface area (Å²) in [5.41, 5.74) is 5.07. The number of anilines is 2. The summed E-state index contributed by atoms with van der Waals surface area (Å²) in [7, 11) is 3.88. The largest absolute Gasteiger partial charge is 0.423 e. The van der Waals surface area contributed by atoms with Gasteiger partial charge in [-0.1, -0.05) is 18.2 Å². The Morgan fingerprint density at radius 3 is 2.06 bits per heavy atom. The molecule has 182 valence electrons. The van der Waals surface area contributed by atoms with Crippen molar-refractivity contribution < 1.29 is 8.83 Å². The van der Waals surface area contributed by atoms with E-state index in [9.17, 15) is 9.59 Å². The third-order valence-electron chi connectivity index (χ3n) is 6.60. The maximum atomic E-state index is 13.0. The van der Waals surface area contributed by atoms with Gasteiger partial charge < -0.3 is 18.6 Å². The van der Waals surface area contributed by atoms with Crippen molar-refractivity contribution in [3.63, 3.8) is 0 Å². The van der Waals surface area contributed by atoms with Gasteiger partial charge in [0, 0.05) is 61.5 Å². The number of benzene rings is 3. The van der Waals surface area contributed by atoms with Gasteiger partial charge in [0.2, 0.25) is 0 Å². The van der Waals surface area contributed by atoms with E-state index in [1.165, 1.54) is 6.07 Å². The van der Waals surface area contributed by atoms with Crippen LogP contribution in [-0.2, 0) is 0 Å². The van der Waals surface area contributed by atoms with Gasteiger partial charge in [0.15, 0.2) is 0 Å². The minimum Gasteiger partial charge on any atom is -0.423 e. The second-order valence-corrected chi connectivity index (χ2v) is 8.97. The molecule has 6 nitrogen and oxygen atoms in total. The predicted octanol–water partition coefficient (Wildman–Crippen LogP) is 6.15. The van der Waals surface area contributed by atoms with Gasteiger partial charge in [0.25, 0.3) is 0 Å². The molecular formula is C30H28N2O4. The summed E-state index contributed by atoms with van der Waals surface area (Å²) in [6, 6.07) is 22.7. The molecule has 0 saturated carbocycles. The van der Waals surface area contributed by atoms with Gasteiger partial charge in [-0.2, -0.15) is 0 Å². The normalized spacial score (nSPS) is 11.2. The van der Waals surface area contributed by atoms with E-state index in [4.69, 9.17) is 8.83 Å². The molecule has 0 unspecified atom stereocenters. The minimum absolute atomic E-state index is 0.416. The predicted molar refractivity (Wildman–Crippen MR) is 147 cm³/mol. The summed E-state index contributed by atoms with van der Waals surface area (Å²) in [5, 5.41) is 1.59. The zero-order valence-electron chi connectivity index (χ0n) is 20.9. The van der Waals surface area contributed by atoms with E-state index in [1.54, 1.807) is 12.1 Å². The van der Waals surface area contributed by atoms with Crippen LogP contribution in [0.1, 0.15) is 13.8 Å². The summed E-state index contributed by atoms with van der Waals surface area (Å²) < 4.78 is 11.2. The van der Waals surface area contributed by atoms with E-state index in [0.29, 0.717) is 22.3 Å². The minimum atomic E-state index is -0.417. The lowest BCUT2D eigenvalue weighted by Gasteiger charge is -2.21. The topological polar surface area (TPSA) is 66.9 Å². The highest BCUT2D eigenvalue weighted by Crippen LogP contribution is 2.32. The van der Waals surface area contributed by atoms with Crippen LogP contribution in [0.3, 0.4) is 0 Å². The first kappa shape index (κ1) is 23.4. The summed E-state index contributed by atoms with van der Waals surface area (Å²) in [6.45, 7) is 6.09. The second kappa shape index (κ2) is 9.38. The van der Waals surface area contributed by atoms with Crippen LogP contribution in [0.4, 0.5) is 11.4 Å². The van der Waals surface area contributed by atoms with Gasteiger partial charge in [-0.25, -0.2) is 9.59 Å². The molecule has 0 aliphatic rings. The van der Waals surface area contributed by atoms with Crippen molar-refractivity contribution in [3.8, 4) is 22.3 Å². The van der Waals surface area contributed by atoms with Crippen LogP contribution in [0.25, 0.3) is 44.2 Å². The molecule has 3 aromatic carbocycles. The highest BCUT2D eigenvalue weighted by Gasteiger charge is 2.14. The summed E-state index contributed by atoms with van der Waals surface area (Å²) in [6.07, 6.45) is 0. The number of rotatable bonds is 6. The third kappa shape index (κ3) is 4.26. The van der Waals surface area contributed by atoms with E-state index >= 15 is 0 Å². The van der Waals surface area contributed by atoms with Crippen LogP contribution in [0.15, 0.2) is 91.2 Å². The molecule has 0 N–H and O–H groups in total. The summed E-state index contributed by atoms with van der Waals surface area (Å²) in [4.78, 5) is 29.5. The van der Waals surface area contributed by atoms with Gasteiger partial charge >= 0.3 is 11.3 Å². The fourth-order valence-corrected chi connectivity index (χ4v) is 4.59. The Kier molecular flexibility index (Phi) is 6.10. The maximum absolute atomic E-state index is 13.0. The van der Waals surface area contributed by atoms with Gasteiger partial charge in [-0.15, -0.1) is 0 Å². The summed E-state index contributed by atoms with van der Waals surface area (Å²) in [5.74, 6) is 0. The average Bonchev–Trinajstić information content (AvgIpc) is 2.88. The average molecular weight is 481 g/mol. The molecule has 0 saturated heterocycles. The van der Waals surface area contributed by atoms with Crippen molar-refractivity contribution >= 4 is 33.3 Å². The second-order valence-electron chi connectivity index (χ2n) is 8.97.